The summed E-state index contributed by atoms with van der Waals surface area (Å²) in [5.41, 5.74) is 0.509. The maximum absolute atomic E-state index is 13.9. The fourth-order valence-electron chi connectivity index (χ4n) is 6.25. The molecule has 0 unspecified atom stereocenters. The molecule has 1 aliphatic carbocycles. The second-order valence-corrected chi connectivity index (χ2v) is 10.9. The highest BCUT2D eigenvalue weighted by atomic mass is 16.3. The van der Waals surface area contributed by atoms with Crippen LogP contribution in [0, 0.1) is 0 Å². The van der Waals surface area contributed by atoms with E-state index in [-0.39, 0.29) is 17.9 Å². The lowest BCUT2D eigenvalue weighted by molar-refractivity contribution is -0.133. The molecule has 4 heterocycles. The minimum absolute atomic E-state index is 0.0332. The molecule has 2 aromatic rings. The maximum Gasteiger partial charge on any atom is 0.271 e. The minimum Gasteiger partial charge on any atom is -0.463 e. The van der Waals surface area contributed by atoms with Crippen LogP contribution in [-0.4, -0.2) is 63.4 Å². The van der Waals surface area contributed by atoms with Gasteiger partial charge in [-0.05, 0) is 70.3 Å². The molecule has 1 saturated carbocycles. The molecule has 2 atom stereocenters. The molecule has 2 aromatic heterocycles. The molecule has 7 heteroatoms. The summed E-state index contributed by atoms with van der Waals surface area (Å²) < 4.78 is 7.64. The van der Waals surface area contributed by atoms with Gasteiger partial charge in [0.25, 0.3) is 5.91 Å². The Labute approximate surface area is 208 Å². The van der Waals surface area contributed by atoms with Crippen LogP contribution in [0.2, 0.25) is 0 Å². The van der Waals surface area contributed by atoms with Gasteiger partial charge < -0.3 is 19.2 Å². The number of amides is 2. The van der Waals surface area contributed by atoms with Gasteiger partial charge in [0.1, 0.15) is 17.0 Å². The predicted molar refractivity (Wildman–Crippen MR) is 136 cm³/mol. The van der Waals surface area contributed by atoms with Gasteiger partial charge in [-0.25, -0.2) is 0 Å². The molecular weight excluding hydrogens is 440 g/mol. The van der Waals surface area contributed by atoms with Crippen LogP contribution in [0.1, 0.15) is 82.1 Å². The molecule has 7 nitrogen and oxygen atoms in total. The third-order valence-corrected chi connectivity index (χ3v) is 8.51. The van der Waals surface area contributed by atoms with Crippen molar-refractivity contribution in [3.05, 3.63) is 36.2 Å². The van der Waals surface area contributed by atoms with E-state index in [1.807, 2.05) is 40.7 Å². The number of piperidine rings is 1. The van der Waals surface area contributed by atoms with Crippen molar-refractivity contribution in [2.75, 3.05) is 19.6 Å². The van der Waals surface area contributed by atoms with Gasteiger partial charge in [-0.3, -0.25) is 14.5 Å². The van der Waals surface area contributed by atoms with Crippen LogP contribution in [-0.2, 0) is 11.3 Å². The molecule has 190 valence electrons. The number of hydrogen-bond acceptors (Lipinski definition) is 4. The van der Waals surface area contributed by atoms with E-state index in [1.165, 1.54) is 32.1 Å². The standard InChI is InChI=1S/C28H40N4O3/c1-21-10-7-8-16-30(21)17-18-32-26(33)24-15-14-23(25-13-9-19-35-25)31(24)20-28(32,2)27(34)29-22-11-5-3-4-6-12-22/h9,13-15,19,21-22H,3-8,10-12,16-18,20H2,1-2H3,(H,29,34)/t21-,28+/m1/s1. The van der Waals surface area contributed by atoms with Crippen LogP contribution >= 0.6 is 0 Å². The highest BCUT2D eigenvalue weighted by Crippen LogP contribution is 2.34. The van der Waals surface area contributed by atoms with E-state index in [4.69, 9.17) is 4.42 Å². The first-order chi connectivity index (χ1) is 17.0. The van der Waals surface area contributed by atoms with Crippen LogP contribution in [0.4, 0.5) is 0 Å². The van der Waals surface area contributed by atoms with Crippen molar-refractivity contribution < 1.29 is 14.0 Å². The van der Waals surface area contributed by atoms with Crippen LogP contribution in [0.25, 0.3) is 11.5 Å². The SMILES string of the molecule is C[C@@H]1CCCCN1CCN1C(=O)c2ccc(-c3ccco3)n2C[C@@]1(C)C(=O)NC1CCCCCC1. The Morgan fingerprint density at radius 2 is 1.77 bits per heavy atom. The van der Waals surface area contributed by atoms with Crippen LogP contribution < -0.4 is 5.32 Å². The van der Waals surface area contributed by atoms with Gasteiger partial charge in [0, 0.05) is 25.2 Å². The average molecular weight is 481 g/mol. The number of rotatable bonds is 6. The lowest BCUT2D eigenvalue weighted by atomic mass is 9.93. The van der Waals surface area contributed by atoms with E-state index in [0.29, 0.717) is 30.6 Å². The summed E-state index contributed by atoms with van der Waals surface area (Å²) >= 11 is 0. The van der Waals surface area contributed by atoms with Crippen molar-refractivity contribution in [3.8, 4) is 11.5 Å². The largest absolute Gasteiger partial charge is 0.463 e. The van der Waals surface area contributed by atoms with Gasteiger partial charge >= 0.3 is 0 Å². The summed E-state index contributed by atoms with van der Waals surface area (Å²) in [4.78, 5) is 32.2. The van der Waals surface area contributed by atoms with E-state index < -0.39 is 5.54 Å². The number of hydrogen-bond donors (Lipinski definition) is 1. The normalized spacial score (nSPS) is 26.4. The van der Waals surface area contributed by atoms with Crippen molar-refractivity contribution in [1.82, 2.24) is 19.7 Å². The number of nitrogens with one attached hydrogen (secondary N) is 1. The smallest absolute Gasteiger partial charge is 0.271 e. The summed E-state index contributed by atoms with van der Waals surface area (Å²) in [6.45, 7) is 7.06. The molecule has 3 aliphatic rings. The molecule has 0 aromatic carbocycles. The second-order valence-electron chi connectivity index (χ2n) is 10.9. The van der Waals surface area contributed by atoms with Crippen molar-refractivity contribution in [2.24, 2.45) is 0 Å². The third kappa shape index (κ3) is 4.80. The lowest BCUT2D eigenvalue weighted by Gasteiger charge is -2.46. The summed E-state index contributed by atoms with van der Waals surface area (Å²) in [5.74, 6) is 0.609. The molecule has 5 rings (SSSR count). The highest BCUT2D eigenvalue weighted by Gasteiger charge is 2.48. The molecule has 0 spiro atoms. The molecule has 2 fully saturated rings. The fraction of sp³-hybridized carbons (Fsp3) is 0.643. The Bertz CT molecular complexity index is 1020. The van der Waals surface area contributed by atoms with Gasteiger partial charge in [0.15, 0.2) is 0 Å². The Kier molecular flexibility index (Phi) is 7.05. The van der Waals surface area contributed by atoms with E-state index >= 15 is 0 Å². The molecular formula is C28H40N4O3. The first-order valence-electron chi connectivity index (χ1n) is 13.6. The number of likely N-dealkylation sites (tertiary alicyclic amines) is 1. The summed E-state index contributed by atoms with van der Waals surface area (Å²) in [6, 6.07) is 8.27. The molecule has 0 bridgehead atoms. The average Bonchev–Trinajstić information content (AvgIpc) is 3.45. The first kappa shape index (κ1) is 24.2. The van der Waals surface area contributed by atoms with Crippen LogP contribution in [0.5, 0.6) is 0 Å². The number of nitrogens with zero attached hydrogens (tertiary/aromatic N) is 3. The van der Waals surface area contributed by atoms with E-state index in [0.717, 1.165) is 44.5 Å². The lowest BCUT2D eigenvalue weighted by Crippen LogP contribution is -2.66. The predicted octanol–water partition coefficient (Wildman–Crippen LogP) is 4.68. The van der Waals surface area contributed by atoms with Crippen molar-refractivity contribution in [2.45, 2.75) is 95.8 Å². The van der Waals surface area contributed by atoms with E-state index in [1.54, 1.807) is 6.26 Å². The summed E-state index contributed by atoms with van der Waals surface area (Å²) in [6.07, 6.45) is 12.1. The fourth-order valence-corrected chi connectivity index (χ4v) is 6.25. The van der Waals surface area contributed by atoms with E-state index in [2.05, 4.69) is 17.1 Å². The van der Waals surface area contributed by atoms with Gasteiger partial charge in [-0.1, -0.05) is 32.1 Å². The van der Waals surface area contributed by atoms with E-state index in [9.17, 15) is 9.59 Å². The molecule has 35 heavy (non-hydrogen) atoms. The molecule has 1 saturated heterocycles. The Morgan fingerprint density at radius 3 is 2.49 bits per heavy atom. The molecule has 2 amide bonds. The van der Waals surface area contributed by atoms with Crippen molar-refractivity contribution >= 4 is 11.8 Å². The number of aromatic nitrogens is 1. The first-order valence-corrected chi connectivity index (χ1v) is 13.6. The zero-order valence-corrected chi connectivity index (χ0v) is 21.3. The molecule has 2 aliphatic heterocycles. The monoisotopic (exact) mass is 480 g/mol. The summed E-state index contributed by atoms with van der Waals surface area (Å²) in [7, 11) is 0. The Morgan fingerprint density at radius 1 is 1.03 bits per heavy atom. The highest BCUT2D eigenvalue weighted by molar-refractivity contribution is 6.00. The number of fused-ring (bicyclic) bond motifs is 1. The molecule has 1 N–H and O–H groups in total. The van der Waals surface area contributed by atoms with Crippen molar-refractivity contribution in [3.63, 3.8) is 0 Å². The Hall–Kier alpha value is -2.54. The molecule has 0 radical (unpaired) electrons. The zero-order chi connectivity index (χ0) is 24.4. The van der Waals surface area contributed by atoms with Gasteiger partial charge in [-0.2, -0.15) is 0 Å². The number of carbonyl (C=O) groups excluding carboxylic acids is 2. The van der Waals surface area contributed by atoms with Gasteiger partial charge in [0.2, 0.25) is 5.91 Å². The van der Waals surface area contributed by atoms with Crippen LogP contribution in [0.15, 0.2) is 34.9 Å². The number of carbonyl (C=O) groups is 2. The summed E-state index contributed by atoms with van der Waals surface area (Å²) in [5, 5.41) is 3.36. The maximum atomic E-state index is 13.9. The van der Waals surface area contributed by atoms with Gasteiger partial charge in [-0.15, -0.1) is 0 Å². The van der Waals surface area contributed by atoms with Crippen molar-refractivity contribution in [1.29, 1.82) is 0 Å². The zero-order valence-electron chi connectivity index (χ0n) is 21.3. The Balaban J connectivity index is 1.43. The third-order valence-electron chi connectivity index (χ3n) is 8.51. The number of furan rings is 1. The van der Waals surface area contributed by atoms with Gasteiger partial charge in [0.05, 0.1) is 18.5 Å². The quantitative estimate of drug-likeness (QED) is 0.610. The minimum atomic E-state index is -0.963. The van der Waals surface area contributed by atoms with Crippen LogP contribution in [0.3, 0.4) is 0 Å². The topological polar surface area (TPSA) is 70.7 Å². The second kappa shape index (κ2) is 10.2.